The summed E-state index contributed by atoms with van der Waals surface area (Å²) in [6.07, 6.45) is 0. The number of nitrogens with zero attached hydrogens (tertiary/aromatic N) is 6. The van der Waals surface area contributed by atoms with E-state index >= 15 is 0 Å². The molecule has 0 amide bonds. The van der Waals surface area contributed by atoms with E-state index in [-0.39, 0.29) is 95.7 Å². The standard InChI is InChI=1S/C25H16ClFN2O4S.2C25H17FN2O5S/c1-13-6-11-16-21-19(20(30)22(25(32)33-21)34-18-5-3-2-4-17(18)26)24(31)29(23(16)28-13)12-14-7-9-15(27)10-8-14;1-13-2-11-18-21-19(20(30)22(25(32)33-21)34-17-9-7-16(29)8-10-17)24(31)28(23(18)27-13)12-14-3-5-15(26)6-4-14;1-13-5-10-18-21-19(20(30)22(25(32)33-21)34-17-4-2-3-16(29)11-17)24(31)28(23(18)27-13)12-14-6-8-15(26)9-7-14/h2-11,30H,12H2,1H3;2*2-11,29-30H,12H2,1H3. The molecule has 0 fully saturated rings. The molecule has 6 aromatic carbocycles. The molecular formula is C75H50ClF3N6O14S3. The number of rotatable bonds is 12. The highest BCUT2D eigenvalue weighted by molar-refractivity contribution is 8.00. The highest BCUT2D eigenvalue weighted by Crippen LogP contribution is 2.42. The summed E-state index contributed by atoms with van der Waals surface area (Å²) in [5.74, 6) is -2.65. The van der Waals surface area contributed by atoms with Gasteiger partial charge in [0.15, 0.2) is 34.0 Å². The number of aromatic nitrogens is 6. The van der Waals surface area contributed by atoms with E-state index in [0.717, 1.165) is 35.3 Å². The Morgan fingerprint density at radius 1 is 0.392 bits per heavy atom. The van der Waals surface area contributed by atoms with E-state index < -0.39 is 68.3 Å². The van der Waals surface area contributed by atoms with Crippen molar-refractivity contribution in [1.82, 2.24) is 28.7 Å². The lowest BCUT2D eigenvalue weighted by molar-refractivity contribution is 0.445. The van der Waals surface area contributed by atoms with Gasteiger partial charge in [0.2, 0.25) is 0 Å². The van der Waals surface area contributed by atoms with Gasteiger partial charge in [-0.25, -0.2) is 42.5 Å². The van der Waals surface area contributed by atoms with Gasteiger partial charge < -0.3 is 38.8 Å². The number of benzene rings is 6. The Bertz CT molecular complexity index is 6280. The minimum absolute atomic E-state index is 0.0104. The molecule has 0 spiro atoms. The van der Waals surface area contributed by atoms with Gasteiger partial charge in [-0.2, -0.15) is 0 Å². The maximum Gasteiger partial charge on any atom is 0.354 e. The van der Waals surface area contributed by atoms with Gasteiger partial charge in [-0.05, 0) is 165 Å². The second-order valence-corrected chi connectivity index (χ2v) is 26.7. The molecule has 27 heteroatoms. The summed E-state index contributed by atoms with van der Waals surface area (Å²) in [6.45, 7) is 5.51. The van der Waals surface area contributed by atoms with Crippen LogP contribution in [-0.2, 0) is 19.6 Å². The van der Waals surface area contributed by atoms with E-state index in [9.17, 15) is 67.5 Å². The molecule has 0 saturated carbocycles. The summed E-state index contributed by atoms with van der Waals surface area (Å²) in [5.41, 5.74) is 0.357. The molecule has 510 valence electrons. The zero-order valence-corrected chi connectivity index (χ0v) is 56.5. The molecule has 0 atom stereocenters. The van der Waals surface area contributed by atoms with Crippen LogP contribution in [0.2, 0.25) is 5.02 Å². The minimum atomic E-state index is -0.823. The zero-order valence-electron chi connectivity index (χ0n) is 53.3. The summed E-state index contributed by atoms with van der Waals surface area (Å²) in [7, 11) is 0. The summed E-state index contributed by atoms with van der Waals surface area (Å²) < 4.78 is 60.9. The summed E-state index contributed by atoms with van der Waals surface area (Å²) >= 11 is 8.92. The van der Waals surface area contributed by atoms with Crippen LogP contribution in [0.4, 0.5) is 13.2 Å². The van der Waals surface area contributed by atoms with Crippen LogP contribution in [0.25, 0.3) is 66.0 Å². The largest absolute Gasteiger partial charge is 0.508 e. The average molecular weight is 1450 g/mol. The Morgan fingerprint density at radius 2 is 0.745 bits per heavy atom. The number of phenolic OH excluding ortho intramolecular Hbond substituents is 2. The number of hydrogen-bond acceptors (Lipinski definition) is 20. The average Bonchev–Trinajstić information content (AvgIpc) is 0.748. The van der Waals surface area contributed by atoms with Gasteiger partial charge in [-0.3, -0.25) is 28.1 Å². The summed E-state index contributed by atoms with van der Waals surface area (Å²) in [6, 6.07) is 46.3. The van der Waals surface area contributed by atoms with Crippen LogP contribution >= 0.6 is 46.9 Å². The van der Waals surface area contributed by atoms with Crippen molar-refractivity contribution in [1.29, 1.82) is 0 Å². The lowest BCUT2D eigenvalue weighted by Crippen LogP contribution is -2.23. The first kappa shape index (κ1) is 68.7. The first-order valence-electron chi connectivity index (χ1n) is 30.7. The van der Waals surface area contributed by atoms with Gasteiger partial charge in [0.1, 0.15) is 76.7 Å². The van der Waals surface area contributed by atoms with Crippen molar-refractivity contribution in [3.8, 4) is 28.7 Å². The Morgan fingerprint density at radius 3 is 1.11 bits per heavy atom. The van der Waals surface area contributed by atoms with Gasteiger partial charge in [0.05, 0.1) is 40.8 Å². The predicted molar refractivity (Wildman–Crippen MR) is 382 cm³/mol. The Balaban J connectivity index is 0.000000137. The van der Waals surface area contributed by atoms with Gasteiger partial charge in [-0.15, -0.1) is 0 Å². The molecular weight excluding hydrogens is 1400 g/mol. The van der Waals surface area contributed by atoms with Crippen LogP contribution in [0.3, 0.4) is 0 Å². The first-order chi connectivity index (χ1) is 49.0. The fourth-order valence-corrected chi connectivity index (χ4v) is 13.9. The maximum atomic E-state index is 13.6. The zero-order chi connectivity index (χ0) is 71.9. The molecule has 0 aliphatic rings. The van der Waals surface area contributed by atoms with Crippen LogP contribution < -0.4 is 33.6 Å². The number of fused-ring (bicyclic) bond motifs is 9. The molecule has 102 heavy (non-hydrogen) atoms. The van der Waals surface area contributed by atoms with Crippen molar-refractivity contribution >= 4 is 113 Å². The second-order valence-electron chi connectivity index (χ2n) is 23.1. The number of pyridine rings is 6. The summed E-state index contributed by atoms with van der Waals surface area (Å²) in [4.78, 5) is 93.8. The van der Waals surface area contributed by atoms with Crippen LogP contribution in [0.5, 0.6) is 28.7 Å². The number of halogens is 4. The van der Waals surface area contributed by atoms with Crippen molar-refractivity contribution < 1.29 is 52.0 Å². The second kappa shape index (κ2) is 28.4. The number of aromatic hydroxyl groups is 5. The quantitative estimate of drug-likeness (QED) is 0.0710. The van der Waals surface area contributed by atoms with Crippen molar-refractivity contribution in [2.45, 2.75) is 69.8 Å². The first-order valence-corrected chi connectivity index (χ1v) is 33.5. The Labute approximate surface area is 589 Å². The molecule has 9 heterocycles. The Kier molecular flexibility index (Phi) is 19.1. The maximum absolute atomic E-state index is 13.6. The third-order valence-electron chi connectivity index (χ3n) is 16.0. The number of phenols is 2. The van der Waals surface area contributed by atoms with Crippen LogP contribution in [-0.4, -0.2) is 54.2 Å². The monoisotopic (exact) mass is 1450 g/mol. The van der Waals surface area contributed by atoms with E-state index in [4.69, 9.17) is 24.9 Å². The molecule has 5 N–H and O–H groups in total. The van der Waals surface area contributed by atoms with Crippen LogP contribution in [0.1, 0.15) is 33.8 Å². The fourth-order valence-electron chi connectivity index (χ4n) is 11.1. The molecule has 0 saturated heterocycles. The van der Waals surface area contributed by atoms with Gasteiger partial charge in [-0.1, -0.05) is 101 Å². The minimum Gasteiger partial charge on any atom is -0.508 e. The molecule has 0 aliphatic heterocycles. The molecule has 0 aliphatic carbocycles. The molecule has 9 aromatic heterocycles. The molecule has 0 bridgehead atoms. The lowest BCUT2D eigenvalue weighted by atomic mass is 10.1. The summed E-state index contributed by atoms with van der Waals surface area (Å²) in [5, 5.41) is 53.5. The third kappa shape index (κ3) is 13.8. The van der Waals surface area contributed by atoms with Crippen molar-refractivity contribution in [2.75, 3.05) is 0 Å². The fraction of sp³-hybridized carbons (Fsp3) is 0.0800. The normalized spacial score (nSPS) is 11.4. The van der Waals surface area contributed by atoms with Crippen molar-refractivity contribution in [3.05, 3.63) is 301 Å². The SMILES string of the molecule is Cc1ccc2c3oc(=O)c(Sc4ccc(O)cc4)c(O)c3c(=O)n(Cc3ccc(F)cc3)c2n1.Cc1ccc2c3oc(=O)c(Sc4cccc(O)c4)c(O)c3c(=O)n(Cc3ccc(F)cc3)c2n1.Cc1ccc2c3oc(=O)c(Sc4ccccc4Cl)c(O)c3c(=O)n(Cc3ccc(F)cc3)c2n1. The van der Waals surface area contributed by atoms with E-state index in [1.54, 1.807) is 142 Å². The van der Waals surface area contributed by atoms with E-state index in [1.807, 2.05) is 0 Å². The van der Waals surface area contributed by atoms with Crippen molar-refractivity contribution in [2.24, 2.45) is 0 Å². The van der Waals surface area contributed by atoms with Crippen LogP contribution in [0, 0.1) is 38.2 Å². The lowest BCUT2D eigenvalue weighted by Gasteiger charge is -2.14. The van der Waals surface area contributed by atoms with E-state index in [1.165, 1.54) is 74.4 Å². The predicted octanol–water partition coefficient (Wildman–Crippen LogP) is 14.6. The highest BCUT2D eigenvalue weighted by Gasteiger charge is 2.28. The van der Waals surface area contributed by atoms with E-state index in [0.29, 0.717) is 69.6 Å². The van der Waals surface area contributed by atoms with Crippen LogP contribution in [0.15, 0.2) is 253 Å². The third-order valence-corrected chi connectivity index (χ3v) is 19.7. The van der Waals surface area contributed by atoms with Gasteiger partial charge in [0.25, 0.3) is 16.7 Å². The molecule has 20 nitrogen and oxygen atoms in total. The van der Waals surface area contributed by atoms with E-state index in [2.05, 4.69) is 15.0 Å². The smallest absolute Gasteiger partial charge is 0.354 e. The number of aryl methyl sites for hydroxylation is 3. The Hall–Kier alpha value is -11.8. The van der Waals surface area contributed by atoms with Gasteiger partial charge in [0, 0.05) is 31.8 Å². The van der Waals surface area contributed by atoms with Gasteiger partial charge >= 0.3 is 16.9 Å². The molecule has 0 radical (unpaired) electrons. The molecule has 15 aromatic rings. The molecule has 15 rings (SSSR count). The topological polar surface area (TPSA) is 296 Å². The van der Waals surface area contributed by atoms with Crippen molar-refractivity contribution in [3.63, 3.8) is 0 Å². The highest BCUT2D eigenvalue weighted by atomic mass is 35.5. The number of hydrogen-bond donors (Lipinski definition) is 5. The molecule has 0 unspecified atom stereocenters.